The van der Waals surface area contributed by atoms with E-state index >= 15 is 0 Å². The average molecular weight is 294 g/mol. The van der Waals surface area contributed by atoms with Crippen LogP contribution in [0.25, 0.3) is 0 Å². The maximum absolute atomic E-state index is 11.4. The number of benzene rings is 2. The molecule has 0 saturated heterocycles. The quantitative estimate of drug-likeness (QED) is 0.825. The standard InChI is InChI=1S/C19H18OS/c1-21(20)19-12-8-16(9-13-19)14-15-6-10-18(11-7-15)17-4-2-3-5-17/h2-13,17H,14H2,1H3. The first-order valence-electron chi connectivity index (χ1n) is 7.08. The molecule has 1 nitrogen and oxygen atoms in total. The summed E-state index contributed by atoms with van der Waals surface area (Å²) in [5.41, 5.74) is 3.88. The number of hydrogen-bond donors (Lipinski definition) is 0. The first-order chi connectivity index (χ1) is 10.2. The van der Waals surface area contributed by atoms with Gasteiger partial charge in [0.05, 0.1) is 0 Å². The van der Waals surface area contributed by atoms with Gasteiger partial charge in [0.1, 0.15) is 0 Å². The lowest BCUT2D eigenvalue weighted by Gasteiger charge is -2.08. The lowest BCUT2D eigenvalue weighted by Crippen LogP contribution is -1.93. The van der Waals surface area contributed by atoms with Gasteiger partial charge in [0.25, 0.3) is 0 Å². The molecule has 106 valence electrons. The van der Waals surface area contributed by atoms with Crippen molar-refractivity contribution in [1.29, 1.82) is 0 Å². The van der Waals surface area contributed by atoms with Crippen LogP contribution in [-0.2, 0) is 17.2 Å². The van der Waals surface area contributed by atoms with Gasteiger partial charge in [-0.05, 0) is 35.2 Å². The molecule has 0 radical (unpaired) electrons. The zero-order valence-electron chi connectivity index (χ0n) is 12.0. The third-order valence-corrected chi connectivity index (χ3v) is 4.71. The van der Waals surface area contributed by atoms with E-state index in [1.54, 1.807) is 6.26 Å². The molecular formula is C19H18OS. The smallest absolute Gasteiger partial charge is 0.0498 e. The van der Waals surface area contributed by atoms with E-state index in [2.05, 4.69) is 60.7 Å². The van der Waals surface area contributed by atoms with Gasteiger partial charge in [-0.1, -0.05) is 60.7 Å². The number of allylic oxidation sites excluding steroid dienone is 4. The van der Waals surface area contributed by atoms with Crippen molar-refractivity contribution in [1.82, 2.24) is 0 Å². The molecule has 0 amide bonds. The van der Waals surface area contributed by atoms with E-state index in [0.29, 0.717) is 5.92 Å². The van der Waals surface area contributed by atoms with Crippen LogP contribution in [-0.4, -0.2) is 10.5 Å². The van der Waals surface area contributed by atoms with Crippen molar-refractivity contribution in [3.8, 4) is 0 Å². The summed E-state index contributed by atoms with van der Waals surface area (Å²) in [5, 5.41) is 0. The molecule has 0 N–H and O–H groups in total. The highest BCUT2D eigenvalue weighted by molar-refractivity contribution is 7.84. The zero-order chi connectivity index (χ0) is 14.7. The van der Waals surface area contributed by atoms with Crippen molar-refractivity contribution in [3.05, 3.63) is 89.5 Å². The monoisotopic (exact) mass is 294 g/mol. The summed E-state index contributed by atoms with van der Waals surface area (Å²) in [6.07, 6.45) is 11.2. The van der Waals surface area contributed by atoms with Crippen LogP contribution in [0.2, 0.25) is 0 Å². The first kappa shape index (κ1) is 14.0. The molecule has 2 aromatic carbocycles. The van der Waals surface area contributed by atoms with Crippen LogP contribution in [0.4, 0.5) is 0 Å². The largest absolute Gasteiger partial charge is 0.255 e. The molecule has 0 fully saturated rings. The van der Waals surface area contributed by atoms with Crippen molar-refractivity contribution in [3.63, 3.8) is 0 Å². The lowest BCUT2D eigenvalue weighted by molar-refractivity contribution is 0.687. The van der Waals surface area contributed by atoms with Gasteiger partial charge < -0.3 is 0 Å². The summed E-state index contributed by atoms with van der Waals surface area (Å²) >= 11 is 0. The van der Waals surface area contributed by atoms with Gasteiger partial charge in [-0.15, -0.1) is 0 Å². The predicted molar refractivity (Wildman–Crippen MR) is 89.0 cm³/mol. The van der Waals surface area contributed by atoms with E-state index in [-0.39, 0.29) is 0 Å². The Labute approximate surface area is 128 Å². The molecule has 1 atom stereocenters. The molecule has 1 unspecified atom stereocenters. The van der Waals surface area contributed by atoms with Gasteiger partial charge in [0, 0.05) is 27.9 Å². The van der Waals surface area contributed by atoms with E-state index in [1.165, 1.54) is 16.7 Å². The van der Waals surface area contributed by atoms with Crippen LogP contribution in [0.3, 0.4) is 0 Å². The summed E-state index contributed by atoms with van der Waals surface area (Å²) in [7, 11) is -0.901. The molecule has 2 heteroatoms. The van der Waals surface area contributed by atoms with Crippen molar-refractivity contribution in [2.75, 3.05) is 6.26 Å². The normalized spacial score (nSPS) is 15.5. The Morgan fingerprint density at radius 1 is 0.857 bits per heavy atom. The van der Waals surface area contributed by atoms with Crippen molar-refractivity contribution in [2.24, 2.45) is 0 Å². The molecule has 0 spiro atoms. The molecule has 0 aromatic heterocycles. The highest BCUT2D eigenvalue weighted by atomic mass is 32.2. The van der Waals surface area contributed by atoms with E-state index in [9.17, 15) is 4.21 Å². The van der Waals surface area contributed by atoms with Crippen molar-refractivity contribution in [2.45, 2.75) is 17.2 Å². The Bertz CT molecular complexity index is 681. The fraction of sp³-hybridized carbons (Fsp3) is 0.158. The molecule has 1 aliphatic rings. The van der Waals surface area contributed by atoms with Crippen LogP contribution >= 0.6 is 0 Å². The maximum Gasteiger partial charge on any atom is 0.0498 e. The molecule has 0 heterocycles. The molecule has 2 aromatic rings. The second-order valence-electron chi connectivity index (χ2n) is 5.31. The van der Waals surface area contributed by atoms with Gasteiger partial charge in [0.2, 0.25) is 0 Å². The summed E-state index contributed by atoms with van der Waals surface area (Å²) in [5.74, 6) is 0.429. The summed E-state index contributed by atoms with van der Waals surface area (Å²) < 4.78 is 11.4. The molecule has 3 rings (SSSR count). The van der Waals surface area contributed by atoms with Crippen molar-refractivity contribution >= 4 is 10.8 Å². The van der Waals surface area contributed by atoms with Gasteiger partial charge >= 0.3 is 0 Å². The Morgan fingerprint density at radius 2 is 1.38 bits per heavy atom. The molecule has 0 aliphatic heterocycles. The van der Waals surface area contributed by atoms with E-state index in [4.69, 9.17) is 0 Å². The minimum Gasteiger partial charge on any atom is -0.255 e. The second kappa shape index (κ2) is 6.23. The number of rotatable bonds is 4. The zero-order valence-corrected chi connectivity index (χ0v) is 12.8. The maximum atomic E-state index is 11.4. The Kier molecular flexibility index (Phi) is 4.16. The van der Waals surface area contributed by atoms with Crippen LogP contribution in [0.5, 0.6) is 0 Å². The Morgan fingerprint density at radius 3 is 1.90 bits per heavy atom. The highest BCUT2D eigenvalue weighted by Gasteiger charge is 2.06. The second-order valence-corrected chi connectivity index (χ2v) is 6.69. The predicted octanol–water partition coefficient (Wildman–Crippen LogP) is 4.22. The summed E-state index contributed by atoms with van der Waals surface area (Å²) in [6, 6.07) is 16.8. The van der Waals surface area contributed by atoms with E-state index in [0.717, 1.165) is 11.3 Å². The van der Waals surface area contributed by atoms with E-state index in [1.807, 2.05) is 12.1 Å². The molecule has 1 aliphatic carbocycles. The molecule has 21 heavy (non-hydrogen) atoms. The third-order valence-electron chi connectivity index (χ3n) is 3.78. The van der Waals surface area contributed by atoms with Gasteiger partial charge in [-0.25, -0.2) is 0 Å². The Hall–Kier alpha value is -1.93. The minimum atomic E-state index is -0.901. The van der Waals surface area contributed by atoms with Gasteiger partial charge in [-0.3, -0.25) is 4.21 Å². The van der Waals surface area contributed by atoms with E-state index < -0.39 is 10.8 Å². The van der Waals surface area contributed by atoms with Crippen LogP contribution < -0.4 is 0 Å². The van der Waals surface area contributed by atoms with Gasteiger partial charge in [-0.2, -0.15) is 0 Å². The highest BCUT2D eigenvalue weighted by Crippen LogP contribution is 2.23. The summed E-state index contributed by atoms with van der Waals surface area (Å²) in [6.45, 7) is 0. The molecule has 0 bridgehead atoms. The fourth-order valence-electron chi connectivity index (χ4n) is 2.55. The van der Waals surface area contributed by atoms with Crippen LogP contribution in [0.15, 0.2) is 77.7 Å². The first-order valence-corrected chi connectivity index (χ1v) is 8.64. The fourth-order valence-corrected chi connectivity index (χ4v) is 3.07. The Balaban J connectivity index is 1.71. The molecular weight excluding hydrogens is 276 g/mol. The van der Waals surface area contributed by atoms with Crippen LogP contribution in [0, 0.1) is 0 Å². The van der Waals surface area contributed by atoms with Crippen LogP contribution in [0.1, 0.15) is 22.6 Å². The minimum absolute atomic E-state index is 0.429. The number of hydrogen-bond acceptors (Lipinski definition) is 1. The summed E-state index contributed by atoms with van der Waals surface area (Å²) in [4.78, 5) is 0.883. The lowest BCUT2D eigenvalue weighted by atomic mass is 9.97. The van der Waals surface area contributed by atoms with Crippen molar-refractivity contribution < 1.29 is 4.21 Å². The molecule has 0 saturated carbocycles. The average Bonchev–Trinajstić information content (AvgIpc) is 3.03. The third kappa shape index (κ3) is 3.40. The van der Waals surface area contributed by atoms with Gasteiger partial charge in [0.15, 0.2) is 0 Å². The topological polar surface area (TPSA) is 17.1 Å². The SMILES string of the molecule is CS(=O)c1ccc(Cc2ccc(C3C=CC=C3)cc2)cc1.